The lowest BCUT2D eigenvalue weighted by atomic mass is 10.0. The number of phenols is 1. The van der Waals surface area contributed by atoms with E-state index >= 15 is 0 Å². The third kappa shape index (κ3) is 4.04. The first-order valence-corrected chi connectivity index (χ1v) is 12.3. The molecule has 9 heteroatoms. The van der Waals surface area contributed by atoms with E-state index in [-0.39, 0.29) is 5.75 Å². The van der Waals surface area contributed by atoms with E-state index in [9.17, 15) is 5.11 Å². The number of aromatic hydroxyl groups is 1. The van der Waals surface area contributed by atoms with Crippen LogP contribution in [0.3, 0.4) is 0 Å². The average molecular weight is 474 g/mol. The van der Waals surface area contributed by atoms with Gasteiger partial charge in [-0.05, 0) is 37.6 Å². The van der Waals surface area contributed by atoms with E-state index in [1.54, 1.807) is 19.4 Å². The monoisotopic (exact) mass is 473 g/mol. The van der Waals surface area contributed by atoms with Gasteiger partial charge >= 0.3 is 0 Å². The van der Waals surface area contributed by atoms with Crippen molar-refractivity contribution in [3.8, 4) is 22.6 Å². The van der Waals surface area contributed by atoms with Gasteiger partial charge in [-0.15, -0.1) is 0 Å². The molecule has 4 aromatic rings. The number of methoxy groups -OCH3 is 1. The standard InChI is InChI=1S/C26H31N7O2/c1-30-9-11-32(12-10-30)18-4-7-31(8-5-18)19-15-28-26-22(16-29-33(26)17-19)20-3-6-27-23-14-24(34)25(35-2)13-21(20)23/h3,6,13-18,34H,4-5,7-12H2,1-2H3. The van der Waals surface area contributed by atoms with E-state index in [0.717, 1.165) is 40.9 Å². The lowest BCUT2D eigenvalue weighted by Gasteiger charge is -2.42. The van der Waals surface area contributed by atoms with Crippen LogP contribution in [-0.2, 0) is 0 Å². The quantitative estimate of drug-likeness (QED) is 0.485. The van der Waals surface area contributed by atoms with E-state index in [1.165, 1.54) is 39.0 Å². The smallest absolute Gasteiger partial charge is 0.162 e. The van der Waals surface area contributed by atoms with Crippen molar-refractivity contribution in [3.05, 3.63) is 43.0 Å². The second-order valence-electron chi connectivity index (χ2n) is 9.60. The largest absolute Gasteiger partial charge is 0.504 e. The van der Waals surface area contributed by atoms with Gasteiger partial charge in [0.1, 0.15) is 0 Å². The summed E-state index contributed by atoms with van der Waals surface area (Å²) in [6.45, 7) is 6.78. The SMILES string of the molecule is COc1cc2c(-c3cnn4cc(N5CCC(N6CCN(C)CC6)CC5)cnc34)ccnc2cc1O. The summed E-state index contributed by atoms with van der Waals surface area (Å²) in [7, 11) is 3.76. The summed E-state index contributed by atoms with van der Waals surface area (Å²) < 4.78 is 7.18. The van der Waals surface area contributed by atoms with Crippen molar-refractivity contribution >= 4 is 22.2 Å². The molecule has 182 valence electrons. The van der Waals surface area contributed by atoms with Crippen LogP contribution in [0.4, 0.5) is 5.69 Å². The van der Waals surface area contributed by atoms with Crippen molar-refractivity contribution in [1.82, 2.24) is 29.4 Å². The van der Waals surface area contributed by atoms with Gasteiger partial charge in [0.15, 0.2) is 17.1 Å². The molecule has 35 heavy (non-hydrogen) atoms. The zero-order valence-corrected chi connectivity index (χ0v) is 20.3. The first kappa shape index (κ1) is 22.1. The van der Waals surface area contributed by atoms with Gasteiger partial charge in [0, 0.05) is 68.5 Å². The molecule has 0 spiro atoms. The number of hydrogen-bond donors (Lipinski definition) is 1. The maximum Gasteiger partial charge on any atom is 0.162 e. The van der Waals surface area contributed by atoms with Crippen LogP contribution in [0.5, 0.6) is 11.5 Å². The van der Waals surface area contributed by atoms with Crippen LogP contribution in [0.25, 0.3) is 27.7 Å². The number of hydrogen-bond acceptors (Lipinski definition) is 8. The third-order valence-corrected chi connectivity index (χ3v) is 7.56. The predicted octanol–water partition coefficient (Wildman–Crippen LogP) is 2.87. The Morgan fingerprint density at radius 1 is 0.971 bits per heavy atom. The summed E-state index contributed by atoms with van der Waals surface area (Å²) in [5, 5.41) is 15.7. The van der Waals surface area contributed by atoms with Gasteiger partial charge in [0.05, 0.1) is 36.9 Å². The van der Waals surface area contributed by atoms with Crippen molar-refractivity contribution in [2.24, 2.45) is 0 Å². The van der Waals surface area contributed by atoms with Crippen molar-refractivity contribution in [3.63, 3.8) is 0 Å². The van der Waals surface area contributed by atoms with Crippen molar-refractivity contribution in [2.75, 3.05) is 58.3 Å². The van der Waals surface area contributed by atoms with Crippen molar-refractivity contribution in [1.29, 1.82) is 0 Å². The van der Waals surface area contributed by atoms with Crippen LogP contribution in [0, 0.1) is 0 Å². The number of piperidine rings is 1. The van der Waals surface area contributed by atoms with Crippen molar-refractivity contribution < 1.29 is 9.84 Å². The maximum absolute atomic E-state index is 10.2. The Morgan fingerprint density at radius 3 is 2.54 bits per heavy atom. The fourth-order valence-electron chi connectivity index (χ4n) is 5.45. The Kier molecular flexibility index (Phi) is 5.66. The molecule has 6 rings (SSSR count). The molecule has 0 bridgehead atoms. The Labute approximate surface area is 204 Å². The zero-order valence-electron chi connectivity index (χ0n) is 20.3. The fraction of sp³-hybridized carbons (Fsp3) is 0.423. The van der Waals surface area contributed by atoms with E-state index in [1.807, 2.05) is 29.0 Å². The molecule has 2 saturated heterocycles. The number of rotatable bonds is 4. The van der Waals surface area contributed by atoms with Crippen LogP contribution in [0.1, 0.15) is 12.8 Å². The van der Waals surface area contributed by atoms with Gasteiger partial charge in [0.25, 0.3) is 0 Å². The van der Waals surface area contributed by atoms with E-state index in [0.29, 0.717) is 17.3 Å². The van der Waals surface area contributed by atoms with Crippen LogP contribution in [0.2, 0.25) is 0 Å². The highest BCUT2D eigenvalue weighted by molar-refractivity contribution is 5.99. The highest BCUT2D eigenvalue weighted by Gasteiger charge is 2.27. The topological polar surface area (TPSA) is 82.3 Å². The molecule has 0 aliphatic carbocycles. The summed E-state index contributed by atoms with van der Waals surface area (Å²) in [5.74, 6) is 0.488. The lowest BCUT2D eigenvalue weighted by Crippen LogP contribution is -2.52. The van der Waals surface area contributed by atoms with Gasteiger partial charge in [0.2, 0.25) is 0 Å². The van der Waals surface area contributed by atoms with Crippen LogP contribution in [-0.4, -0.2) is 94.0 Å². The number of nitrogens with zero attached hydrogens (tertiary/aromatic N) is 7. The number of likely N-dealkylation sites (N-methyl/N-ethyl adjacent to an activating group) is 1. The van der Waals surface area contributed by atoms with Crippen LogP contribution in [0.15, 0.2) is 43.0 Å². The number of piperazine rings is 1. The van der Waals surface area contributed by atoms with Gasteiger partial charge < -0.3 is 19.6 Å². The number of fused-ring (bicyclic) bond motifs is 2. The van der Waals surface area contributed by atoms with E-state index in [2.05, 4.69) is 38.0 Å². The second-order valence-corrected chi connectivity index (χ2v) is 9.60. The van der Waals surface area contributed by atoms with E-state index in [4.69, 9.17) is 9.72 Å². The minimum atomic E-state index is 0.0728. The molecule has 0 unspecified atom stereocenters. The van der Waals surface area contributed by atoms with E-state index < -0.39 is 0 Å². The van der Waals surface area contributed by atoms with Gasteiger partial charge in [-0.1, -0.05) is 0 Å². The molecule has 3 aromatic heterocycles. The lowest BCUT2D eigenvalue weighted by molar-refractivity contribution is 0.0982. The summed E-state index contributed by atoms with van der Waals surface area (Å²) >= 11 is 0. The maximum atomic E-state index is 10.2. The van der Waals surface area contributed by atoms with Gasteiger partial charge in [-0.25, -0.2) is 9.50 Å². The number of benzene rings is 1. The molecule has 2 aliphatic heterocycles. The summed E-state index contributed by atoms with van der Waals surface area (Å²) in [5.41, 5.74) is 4.47. The Hall–Kier alpha value is -3.43. The number of phenolic OH excluding ortho intramolecular Hbond substituents is 1. The first-order chi connectivity index (χ1) is 17.1. The number of ether oxygens (including phenoxy) is 1. The van der Waals surface area contributed by atoms with Gasteiger partial charge in [-0.3, -0.25) is 9.88 Å². The molecule has 1 N–H and O–H groups in total. The Bertz CT molecular complexity index is 1350. The molecule has 2 fully saturated rings. The number of pyridine rings is 1. The highest BCUT2D eigenvalue weighted by Crippen LogP contribution is 2.36. The molecule has 0 radical (unpaired) electrons. The van der Waals surface area contributed by atoms with Crippen LogP contribution < -0.4 is 9.64 Å². The molecule has 0 saturated carbocycles. The minimum Gasteiger partial charge on any atom is -0.504 e. The molecular formula is C26H31N7O2. The molecule has 1 aromatic carbocycles. The third-order valence-electron chi connectivity index (χ3n) is 7.56. The molecule has 0 atom stereocenters. The van der Waals surface area contributed by atoms with Crippen LogP contribution >= 0.6 is 0 Å². The second kappa shape index (κ2) is 8.98. The number of aromatic nitrogens is 4. The summed E-state index contributed by atoms with van der Waals surface area (Å²) in [6.07, 6.45) is 10.0. The predicted molar refractivity (Wildman–Crippen MR) is 136 cm³/mol. The molecular weight excluding hydrogens is 442 g/mol. The minimum absolute atomic E-state index is 0.0728. The highest BCUT2D eigenvalue weighted by atomic mass is 16.5. The molecule has 5 heterocycles. The fourth-order valence-corrected chi connectivity index (χ4v) is 5.45. The Balaban J connectivity index is 1.24. The molecule has 9 nitrogen and oxygen atoms in total. The molecule has 0 amide bonds. The Morgan fingerprint density at radius 2 is 1.77 bits per heavy atom. The van der Waals surface area contributed by atoms with Crippen molar-refractivity contribution in [2.45, 2.75) is 18.9 Å². The summed E-state index contributed by atoms with van der Waals surface area (Å²) in [4.78, 5) is 16.7. The normalized spacial score (nSPS) is 18.5. The first-order valence-electron chi connectivity index (χ1n) is 12.3. The summed E-state index contributed by atoms with van der Waals surface area (Å²) in [6, 6.07) is 6.08. The molecule has 2 aliphatic rings. The zero-order chi connectivity index (χ0) is 23.9. The average Bonchev–Trinajstić information content (AvgIpc) is 3.31. The number of anilines is 1. The van der Waals surface area contributed by atoms with Gasteiger partial charge in [-0.2, -0.15) is 5.10 Å².